The maximum absolute atomic E-state index is 11.7. The van der Waals surface area contributed by atoms with E-state index in [1.165, 1.54) is 0 Å². The zero-order chi connectivity index (χ0) is 13.4. The Hall–Kier alpha value is -2.25. The Morgan fingerprint density at radius 1 is 1.47 bits per heavy atom. The molecule has 1 fully saturated rings. The number of rotatable bonds is 4. The van der Waals surface area contributed by atoms with Gasteiger partial charge in [-0.05, 0) is 19.8 Å². The molecule has 100 valence electrons. The summed E-state index contributed by atoms with van der Waals surface area (Å²) >= 11 is 0. The highest BCUT2D eigenvalue weighted by molar-refractivity contribution is 5.93. The van der Waals surface area contributed by atoms with Crippen LogP contribution in [-0.2, 0) is 11.3 Å². The highest BCUT2D eigenvalue weighted by Gasteiger charge is 2.30. The van der Waals surface area contributed by atoms with Crippen LogP contribution in [-0.4, -0.2) is 31.0 Å². The summed E-state index contributed by atoms with van der Waals surface area (Å²) < 4.78 is 6.53. The number of amides is 1. The third-order valence-electron chi connectivity index (χ3n) is 3.03. The minimum absolute atomic E-state index is 0.0190. The molecule has 0 radical (unpaired) electrons. The summed E-state index contributed by atoms with van der Waals surface area (Å²) in [5.74, 6) is 1.70. The number of hydrogen-bond donors (Lipinski definition) is 1. The van der Waals surface area contributed by atoms with Crippen molar-refractivity contribution in [3.8, 4) is 0 Å². The van der Waals surface area contributed by atoms with E-state index in [-0.39, 0.29) is 11.8 Å². The summed E-state index contributed by atoms with van der Waals surface area (Å²) in [5, 5.41) is 14.5. The molecule has 0 spiro atoms. The van der Waals surface area contributed by atoms with Gasteiger partial charge in [0.05, 0.1) is 5.69 Å². The number of carbonyl (C=O) groups excluding carboxylic acids is 1. The summed E-state index contributed by atoms with van der Waals surface area (Å²) in [6, 6.07) is 0. The molecule has 19 heavy (non-hydrogen) atoms. The summed E-state index contributed by atoms with van der Waals surface area (Å²) in [7, 11) is 0. The number of aryl methyl sites for hydroxylation is 1. The van der Waals surface area contributed by atoms with Crippen molar-refractivity contribution in [1.82, 2.24) is 25.1 Å². The first-order chi connectivity index (χ1) is 9.13. The second-order valence-corrected chi connectivity index (χ2v) is 4.67. The van der Waals surface area contributed by atoms with Crippen LogP contribution in [0.1, 0.15) is 30.3 Å². The van der Waals surface area contributed by atoms with E-state index in [0.29, 0.717) is 24.1 Å². The van der Waals surface area contributed by atoms with Gasteiger partial charge in [-0.2, -0.15) is 4.98 Å². The third-order valence-corrected chi connectivity index (χ3v) is 3.03. The molecule has 0 saturated heterocycles. The highest BCUT2D eigenvalue weighted by Crippen LogP contribution is 2.30. The van der Waals surface area contributed by atoms with Gasteiger partial charge in [0.1, 0.15) is 6.54 Å². The van der Waals surface area contributed by atoms with E-state index in [1.807, 2.05) is 6.92 Å². The number of hydrogen-bond acceptors (Lipinski definition) is 6. The summed E-state index contributed by atoms with van der Waals surface area (Å²) in [6.45, 7) is 3.94. The molecule has 0 atom stereocenters. The fourth-order valence-corrected chi connectivity index (χ4v) is 1.73. The van der Waals surface area contributed by atoms with Gasteiger partial charge >= 0.3 is 0 Å². The van der Waals surface area contributed by atoms with Gasteiger partial charge in [0.25, 0.3) is 0 Å². The van der Waals surface area contributed by atoms with Gasteiger partial charge in [0, 0.05) is 12.8 Å². The Bertz CT molecular complexity index is 612. The highest BCUT2D eigenvalue weighted by atomic mass is 16.5. The number of anilines is 1. The fraction of sp³-hybridized carbons (Fsp3) is 0.545. The predicted molar refractivity (Wildman–Crippen MR) is 64.2 cm³/mol. The molecule has 8 nitrogen and oxygen atoms in total. The van der Waals surface area contributed by atoms with E-state index < -0.39 is 0 Å². The molecule has 0 bridgehead atoms. The minimum Gasteiger partial charge on any atom is -0.340 e. The van der Waals surface area contributed by atoms with E-state index in [4.69, 9.17) is 4.52 Å². The Balaban J connectivity index is 1.72. The average Bonchev–Trinajstić information content (AvgIpc) is 3.09. The normalized spacial score (nSPS) is 14.6. The first kappa shape index (κ1) is 11.8. The lowest BCUT2D eigenvalue weighted by atomic mass is 10.3. The molecule has 2 heterocycles. The first-order valence-corrected chi connectivity index (χ1v) is 6.13. The quantitative estimate of drug-likeness (QED) is 0.869. The van der Waals surface area contributed by atoms with Gasteiger partial charge in [0.15, 0.2) is 11.6 Å². The van der Waals surface area contributed by atoms with Crippen LogP contribution in [0.25, 0.3) is 0 Å². The zero-order valence-electron chi connectivity index (χ0n) is 10.8. The first-order valence-electron chi connectivity index (χ1n) is 6.13. The van der Waals surface area contributed by atoms with Crippen molar-refractivity contribution in [2.24, 2.45) is 5.92 Å². The Labute approximate surface area is 109 Å². The van der Waals surface area contributed by atoms with Crippen LogP contribution in [0.3, 0.4) is 0 Å². The largest absolute Gasteiger partial charge is 0.340 e. The lowest BCUT2D eigenvalue weighted by Gasteiger charge is -2.02. The van der Waals surface area contributed by atoms with Gasteiger partial charge in [-0.15, -0.1) is 5.10 Å². The molecule has 2 aromatic rings. The van der Waals surface area contributed by atoms with Crippen LogP contribution in [0.4, 0.5) is 5.82 Å². The maximum Gasteiger partial charge on any atom is 0.228 e. The zero-order valence-corrected chi connectivity index (χ0v) is 10.8. The van der Waals surface area contributed by atoms with E-state index in [1.54, 1.807) is 11.6 Å². The predicted octanol–water partition coefficient (Wildman–Crippen LogP) is 0.675. The van der Waals surface area contributed by atoms with Crippen LogP contribution in [0.5, 0.6) is 0 Å². The molecule has 1 N–H and O–H groups in total. The van der Waals surface area contributed by atoms with Crippen LogP contribution < -0.4 is 5.32 Å². The average molecular weight is 262 g/mol. The maximum atomic E-state index is 11.7. The van der Waals surface area contributed by atoms with Crippen molar-refractivity contribution in [3.05, 3.63) is 17.4 Å². The molecule has 0 aromatic carbocycles. The lowest BCUT2D eigenvalue weighted by Crippen LogP contribution is -2.14. The van der Waals surface area contributed by atoms with Crippen molar-refractivity contribution >= 4 is 11.7 Å². The van der Waals surface area contributed by atoms with Crippen molar-refractivity contribution < 1.29 is 9.32 Å². The molecule has 0 aliphatic heterocycles. The van der Waals surface area contributed by atoms with Gasteiger partial charge in [-0.1, -0.05) is 10.4 Å². The molecular weight excluding hydrogens is 248 g/mol. The smallest absolute Gasteiger partial charge is 0.228 e. The molecule has 2 aromatic heterocycles. The monoisotopic (exact) mass is 262 g/mol. The minimum atomic E-state index is 0.0190. The van der Waals surface area contributed by atoms with Crippen LogP contribution >= 0.6 is 0 Å². The molecule has 0 unspecified atom stereocenters. The van der Waals surface area contributed by atoms with Crippen LogP contribution in [0.15, 0.2) is 4.52 Å². The van der Waals surface area contributed by atoms with Gasteiger partial charge in [0.2, 0.25) is 11.8 Å². The molecule has 3 rings (SSSR count). The molecule has 1 saturated carbocycles. The number of nitrogens with zero attached hydrogens (tertiary/aromatic N) is 5. The number of carbonyl (C=O) groups is 1. The number of nitrogens with one attached hydrogen (secondary N) is 1. The van der Waals surface area contributed by atoms with E-state index in [9.17, 15) is 4.79 Å². The van der Waals surface area contributed by atoms with Crippen molar-refractivity contribution in [1.29, 1.82) is 0 Å². The second-order valence-electron chi connectivity index (χ2n) is 4.67. The second kappa shape index (κ2) is 4.45. The summed E-state index contributed by atoms with van der Waals surface area (Å²) in [4.78, 5) is 15.8. The third kappa shape index (κ3) is 2.47. The van der Waals surface area contributed by atoms with Gasteiger partial charge < -0.3 is 9.84 Å². The Kier molecular flexibility index (Phi) is 2.77. The Morgan fingerprint density at radius 3 is 2.89 bits per heavy atom. The summed E-state index contributed by atoms with van der Waals surface area (Å²) in [6.07, 6.45) is 1.92. The molecular formula is C11H14N6O2. The van der Waals surface area contributed by atoms with E-state index in [0.717, 1.165) is 18.5 Å². The van der Waals surface area contributed by atoms with E-state index in [2.05, 4.69) is 25.8 Å². The van der Waals surface area contributed by atoms with E-state index >= 15 is 0 Å². The van der Waals surface area contributed by atoms with Crippen LogP contribution in [0.2, 0.25) is 0 Å². The van der Waals surface area contributed by atoms with Crippen LogP contribution in [0, 0.1) is 19.8 Å². The van der Waals surface area contributed by atoms with Crippen molar-refractivity contribution in [3.63, 3.8) is 0 Å². The van der Waals surface area contributed by atoms with Crippen molar-refractivity contribution in [2.45, 2.75) is 33.2 Å². The fourth-order valence-electron chi connectivity index (χ4n) is 1.73. The van der Waals surface area contributed by atoms with Crippen molar-refractivity contribution in [2.75, 3.05) is 5.32 Å². The van der Waals surface area contributed by atoms with Gasteiger partial charge in [-0.25, -0.2) is 4.68 Å². The lowest BCUT2D eigenvalue weighted by molar-refractivity contribution is -0.117. The summed E-state index contributed by atoms with van der Waals surface area (Å²) in [5.41, 5.74) is 0.774. The molecule has 1 aliphatic rings. The molecule has 1 aliphatic carbocycles. The number of aromatic nitrogens is 5. The van der Waals surface area contributed by atoms with Gasteiger partial charge in [-0.3, -0.25) is 4.79 Å². The molecule has 1 amide bonds. The SMILES string of the molecule is Cc1nc(Cn2nnc(NC(=O)C3CC3)c2C)no1. The Morgan fingerprint density at radius 2 is 2.26 bits per heavy atom. The topological polar surface area (TPSA) is 98.7 Å². The standard InChI is InChI=1S/C11H14N6O2/c1-6-10(13-11(18)8-3-4-8)14-16-17(6)5-9-12-7(2)19-15-9/h8H,3-5H2,1-2H3,(H,13,18). The molecule has 8 heteroatoms.